The zero-order valence-corrected chi connectivity index (χ0v) is 19.5. The Morgan fingerprint density at radius 1 is 0.882 bits per heavy atom. The van der Waals surface area contributed by atoms with Crippen molar-refractivity contribution in [2.24, 2.45) is 11.3 Å². The second-order valence-electron chi connectivity index (χ2n) is 8.94. The van der Waals surface area contributed by atoms with Gasteiger partial charge >= 0.3 is 0 Å². The first-order valence-corrected chi connectivity index (χ1v) is 11.7. The number of rotatable bonds is 6. The standard InChI is InChI=1S/C30H28O4/c1-32-25-16-15-24(19-26(25)33-2)29-30(18-17-21-13-14-21,28(31)23-11-7-4-8-12-23)20-27(34-29)22-9-5-3-6-10-22/h3-12,15-16,19,21,27,29H,13-14,20H2,1-2H3/t27-,29+,30+/m1/s1. The van der Waals surface area contributed by atoms with Gasteiger partial charge in [0.05, 0.1) is 20.3 Å². The molecule has 0 radical (unpaired) electrons. The van der Waals surface area contributed by atoms with Crippen LogP contribution in [0.4, 0.5) is 0 Å². The first kappa shape index (κ1) is 22.3. The molecule has 0 N–H and O–H groups in total. The molecule has 0 spiro atoms. The number of ether oxygens (including phenoxy) is 3. The summed E-state index contributed by atoms with van der Waals surface area (Å²) in [6, 6.07) is 25.2. The van der Waals surface area contributed by atoms with Crippen molar-refractivity contribution in [1.29, 1.82) is 0 Å². The molecule has 3 aromatic carbocycles. The van der Waals surface area contributed by atoms with Crippen molar-refractivity contribution < 1.29 is 19.0 Å². The lowest BCUT2D eigenvalue weighted by atomic mass is 9.71. The summed E-state index contributed by atoms with van der Waals surface area (Å²) in [6.45, 7) is 0. The smallest absolute Gasteiger partial charge is 0.184 e. The molecule has 0 aromatic heterocycles. The highest BCUT2D eigenvalue weighted by molar-refractivity contribution is 6.03. The van der Waals surface area contributed by atoms with Crippen LogP contribution in [0.5, 0.6) is 11.5 Å². The lowest BCUT2D eigenvalue weighted by Gasteiger charge is -2.28. The molecule has 172 valence electrons. The molecule has 5 rings (SSSR count). The van der Waals surface area contributed by atoms with Gasteiger partial charge in [-0.2, -0.15) is 0 Å². The number of hydrogen-bond donors (Lipinski definition) is 0. The number of hydrogen-bond acceptors (Lipinski definition) is 4. The maximum atomic E-state index is 14.2. The van der Waals surface area contributed by atoms with Crippen LogP contribution in [0.25, 0.3) is 0 Å². The molecule has 0 unspecified atom stereocenters. The molecule has 2 fully saturated rings. The first-order chi connectivity index (χ1) is 16.6. The van der Waals surface area contributed by atoms with Gasteiger partial charge in [-0.05, 0) is 36.1 Å². The second kappa shape index (κ2) is 9.37. The minimum absolute atomic E-state index is 0.000494. The summed E-state index contributed by atoms with van der Waals surface area (Å²) < 4.78 is 17.7. The van der Waals surface area contributed by atoms with Gasteiger partial charge in [0, 0.05) is 17.9 Å². The van der Waals surface area contributed by atoms with E-state index in [0.717, 1.165) is 24.0 Å². The normalized spacial score (nSPS) is 23.6. The van der Waals surface area contributed by atoms with Crippen molar-refractivity contribution >= 4 is 5.78 Å². The summed E-state index contributed by atoms with van der Waals surface area (Å²) in [4.78, 5) is 14.2. The Balaban J connectivity index is 1.66. The van der Waals surface area contributed by atoms with Crippen molar-refractivity contribution in [3.63, 3.8) is 0 Å². The molecule has 34 heavy (non-hydrogen) atoms. The zero-order valence-electron chi connectivity index (χ0n) is 19.5. The van der Waals surface area contributed by atoms with Crippen LogP contribution in [0, 0.1) is 23.2 Å². The molecule has 4 nitrogen and oxygen atoms in total. The number of methoxy groups -OCH3 is 2. The van der Waals surface area contributed by atoms with E-state index in [1.807, 2.05) is 78.9 Å². The zero-order chi connectivity index (χ0) is 23.5. The molecular formula is C30H28O4. The number of Topliss-reactive ketones (excluding diaryl/α,β-unsaturated/α-hetero) is 1. The quantitative estimate of drug-likeness (QED) is 0.330. The van der Waals surface area contributed by atoms with Crippen LogP contribution in [0.1, 0.15) is 53.0 Å². The molecule has 0 bridgehead atoms. The van der Waals surface area contributed by atoms with Crippen LogP contribution in [-0.4, -0.2) is 20.0 Å². The van der Waals surface area contributed by atoms with Crippen molar-refractivity contribution in [2.45, 2.75) is 31.5 Å². The third kappa shape index (κ3) is 4.20. The van der Waals surface area contributed by atoms with E-state index in [9.17, 15) is 4.79 Å². The fraction of sp³-hybridized carbons (Fsp3) is 0.300. The van der Waals surface area contributed by atoms with E-state index in [0.29, 0.717) is 29.4 Å². The summed E-state index contributed by atoms with van der Waals surface area (Å²) in [6.07, 6.45) is 1.87. The fourth-order valence-electron chi connectivity index (χ4n) is 4.66. The number of benzene rings is 3. The molecule has 1 saturated heterocycles. The van der Waals surface area contributed by atoms with Gasteiger partial charge in [0.2, 0.25) is 0 Å². The second-order valence-corrected chi connectivity index (χ2v) is 8.94. The highest BCUT2D eigenvalue weighted by Crippen LogP contribution is 2.55. The van der Waals surface area contributed by atoms with E-state index in [2.05, 4.69) is 11.8 Å². The predicted octanol–water partition coefficient (Wildman–Crippen LogP) is 6.19. The van der Waals surface area contributed by atoms with Gasteiger partial charge in [0.15, 0.2) is 17.3 Å². The monoisotopic (exact) mass is 452 g/mol. The summed E-state index contributed by atoms with van der Waals surface area (Å²) >= 11 is 0. The Hall–Kier alpha value is -3.55. The molecule has 4 heteroatoms. The van der Waals surface area contributed by atoms with Gasteiger partial charge in [-0.25, -0.2) is 0 Å². The van der Waals surface area contributed by atoms with E-state index < -0.39 is 11.5 Å². The lowest BCUT2D eigenvalue weighted by molar-refractivity contribution is 0.0222. The van der Waals surface area contributed by atoms with Gasteiger partial charge in [-0.15, -0.1) is 0 Å². The van der Waals surface area contributed by atoms with Crippen molar-refractivity contribution in [3.05, 3.63) is 95.6 Å². The molecule has 1 aliphatic carbocycles. The topological polar surface area (TPSA) is 44.8 Å². The minimum Gasteiger partial charge on any atom is -0.493 e. The van der Waals surface area contributed by atoms with Gasteiger partial charge < -0.3 is 14.2 Å². The summed E-state index contributed by atoms with van der Waals surface area (Å²) in [5.74, 6) is 8.47. The molecule has 0 amide bonds. The Morgan fingerprint density at radius 3 is 2.21 bits per heavy atom. The van der Waals surface area contributed by atoms with Crippen LogP contribution < -0.4 is 9.47 Å². The maximum absolute atomic E-state index is 14.2. The SMILES string of the molecule is COc1ccc([C@@H]2O[C@@H](c3ccccc3)C[C@@]2(C#CC2CC2)C(=O)c2ccccc2)cc1OC. The third-order valence-corrected chi connectivity index (χ3v) is 6.65. The lowest BCUT2D eigenvalue weighted by Crippen LogP contribution is -2.33. The highest BCUT2D eigenvalue weighted by Gasteiger charge is 2.54. The van der Waals surface area contributed by atoms with Gasteiger partial charge in [-0.3, -0.25) is 4.79 Å². The minimum atomic E-state index is -1.01. The van der Waals surface area contributed by atoms with Crippen LogP contribution in [0.2, 0.25) is 0 Å². The predicted molar refractivity (Wildman–Crippen MR) is 131 cm³/mol. The Bertz CT molecular complexity index is 1220. The van der Waals surface area contributed by atoms with Crippen molar-refractivity contribution in [1.82, 2.24) is 0 Å². The average molecular weight is 453 g/mol. The number of carbonyl (C=O) groups is 1. The fourth-order valence-corrected chi connectivity index (χ4v) is 4.66. The average Bonchev–Trinajstić information content (AvgIpc) is 3.66. The third-order valence-electron chi connectivity index (χ3n) is 6.65. The van der Waals surface area contributed by atoms with Crippen LogP contribution in [0.15, 0.2) is 78.9 Å². The van der Waals surface area contributed by atoms with Crippen molar-refractivity contribution in [3.8, 4) is 23.3 Å². The molecule has 3 aromatic rings. The Kier molecular flexibility index (Phi) is 6.13. The molecule has 1 aliphatic heterocycles. The van der Waals surface area contributed by atoms with E-state index in [1.54, 1.807) is 14.2 Å². The van der Waals surface area contributed by atoms with Gasteiger partial charge in [0.25, 0.3) is 0 Å². The largest absolute Gasteiger partial charge is 0.493 e. The molecular weight excluding hydrogens is 424 g/mol. The van der Waals surface area contributed by atoms with E-state index in [4.69, 9.17) is 14.2 Å². The highest BCUT2D eigenvalue weighted by atomic mass is 16.5. The Morgan fingerprint density at radius 2 is 1.56 bits per heavy atom. The van der Waals surface area contributed by atoms with Gasteiger partial charge in [0.1, 0.15) is 11.5 Å². The van der Waals surface area contributed by atoms with E-state index >= 15 is 0 Å². The summed E-state index contributed by atoms with van der Waals surface area (Å²) in [7, 11) is 3.22. The van der Waals surface area contributed by atoms with Crippen molar-refractivity contribution in [2.75, 3.05) is 14.2 Å². The van der Waals surface area contributed by atoms with Crippen LogP contribution in [0.3, 0.4) is 0 Å². The molecule has 1 saturated carbocycles. The number of carbonyl (C=O) groups excluding carboxylic acids is 1. The van der Waals surface area contributed by atoms with E-state index in [-0.39, 0.29) is 11.9 Å². The first-order valence-electron chi connectivity index (χ1n) is 11.7. The van der Waals surface area contributed by atoms with Crippen LogP contribution in [-0.2, 0) is 4.74 Å². The molecule has 3 atom stereocenters. The number of ketones is 1. The Labute approximate surface area is 200 Å². The summed E-state index contributed by atoms with van der Waals surface area (Å²) in [5.41, 5.74) is 1.54. The summed E-state index contributed by atoms with van der Waals surface area (Å²) in [5, 5.41) is 0. The molecule has 2 aliphatic rings. The molecule has 1 heterocycles. The maximum Gasteiger partial charge on any atom is 0.184 e. The van der Waals surface area contributed by atoms with Gasteiger partial charge in [-0.1, -0.05) is 78.6 Å². The van der Waals surface area contributed by atoms with Crippen LogP contribution >= 0.6 is 0 Å². The van der Waals surface area contributed by atoms with E-state index in [1.165, 1.54) is 0 Å².